The van der Waals surface area contributed by atoms with Gasteiger partial charge in [0.25, 0.3) is 5.91 Å². The molecule has 8 heteroatoms. The fourth-order valence-corrected chi connectivity index (χ4v) is 5.89. The molecule has 0 saturated carbocycles. The molecule has 31 heavy (non-hydrogen) atoms. The number of hydrogen-bond acceptors (Lipinski definition) is 5. The predicted octanol–water partition coefficient (Wildman–Crippen LogP) is 3.81. The van der Waals surface area contributed by atoms with E-state index in [0.717, 1.165) is 43.7 Å². The molecule has 1 aromatic heterocycles. The van der Waals surface area contributed by atoms with Crippen molar-refractivity contribution in [1.82, 2.24) is 9.29 Å². The fraction of sp³-hybridized carbons (Fsp3) is 0.478. The number of benzene rings is 1. The van der Waals surface area contributed by atoms with Crippen molar-refractivity contribution in [3.63, 3.8) is 0 Å². The molecule has 1 N–H and O–H groups in total. The van der Waals surface area contributed by atoms with Gasteiger partial charge < -0.3 is 10.2 Å². The number of aromatic nitrogens is 1. The molecule has 2 aliphatic rings. The van der Waals surface area contributed by atoms with Gasteiger partial charge in [-0.15, -0.1) is 0 Å². The number of hydrogen-bond donors (Lipinski definition) is 1. The van der Waals surface area contributed by atoms with E-state index in [1.165, 1.54) is 29.6 Å². The minimum Gasteiger partial charge on any atom is -0.356 e. The normalized spacial score (nSPS) is 18.0. The monoisotopic (exact) mass is 442 g/mol. The first-order valence-electron chi connectivity index (χ1n) is 11.1. The van der Waals surface area contributed by atoms with E-state index in [-0.39, 0.29) is 10.8 Å². The van der Waals surface area contributed by atoms with Gasteiger partial charge >= 0.3 is 0 Å². The first-order valence-corrected chi connectivity index (χ1v) is 12.5. The van der Waals surface area contributed by atoms with Crippen LogP contribution in [0.2, 0.25) is 0 Å². The number of aryl methyl sites for hydroxylation is 1. The van der Waals surface area contributed by atoms with Crippen LogP contribution in [0.15, 0.2) is 41.4 Å². The van der Waals surface area contributed by atoms with Crippen LogP contribution in [0.1, 0.15) is 54.4 Å². The molecule has 2 aromatic rings. The molecule has 2 fully saturated rings. The second-order valence-corrected chi connectivity index (χ2v) is 10.3. The van der Waals surface area contributed by atoms with Gasteiger partial charge in [0, 0.05) is 31.7 Å². The molecule has 0 bridgehead atoms. The topological polar surface area (TPSA) is 82.6 Å². The Balaban J connectivity index is 1.49. The number of pyridine rings is 1. The molecule has 1 aromatic carbocycles. The summed E-state index contributed by atoms with van der Waals surface area (Å²) in [7, 11) is -3.58. The maximum atomic E-state index is 12.9. The quantitative estimate of drug-likeness (QED) is 0.761. The lowest BCUT2D eigenvalue weighted by atomic mass is 10.1. The Kier molecular flexibility index (Phi) is 6.57. The zero-order valence-corrected chi connectivity index (χ0v) is 18.8. The molecule has 0 radical (unpaired) electrons. The number of carbonyl (C=O) groups is 1. The highest BCUT2D eigenvalue weighted by molar-refractivity contribution is 7.89. The number of rotatable bonds is 5. The van der Waals surface area contributed by atoms with Gasteiger partial charge in [0.05, 0.1) is 16.8 Å². The number of nitrogens with zero attached hydrogens (tertiary/aromatic N) is 3. The summed E-state index contributed by atoms with van der Waals surface area (Å²) in [4.78, 5) is 19.8. The van der Waals surface area contributed by atoms with E-state index in [9.17, 15) is 13.2 Å². The van der Waals surface area contributed by atoms with Gasteiger partial charge in [-0.2, -0.15) is 4.31 Å². The van der Waals surface area contributed by atoms with Crippen molar-refractivity contribution < 1.29 is 13.2 Å². The van der Waals surface area contributed by atoms with Crippen molar-refractivity contribution in [1.29, 1.82) is 0 Å². The Morgan fingerprint density at radius 2 is 1.65 bits per heavy atom. The Hall–Kier alpha value is -2.45. The smallest absolute Gasteiger partial charge is 0.255 e. The molecule has 1 amide bonds. The highest BCUT2D eigenvalue weighted by Crippen LogP contribution is 2.25. The zero-order valence-electron chi connectivity index (χ0n) is 18.0. The van der Waals surface area contributed by atoms with Gasteiger partial charge in [-0.1, -0.05) is 12.5 Å². The van der Waals surface area contributed by atoms with Crippen LogP contribution in [0, 0.1) is 6.92 Å². The lowest BCUT2D eigenvalue weighted by molar-refractivity contribution is 0.102. The molecule has 0 atom stereocenters. The van der Waals surface area contributed by atoms with E-state index in [1.54, 1.807) is 24.4 Å². The van der Waals surface area contributed by atoms with Crippen LogP contribution in [0.4, 0.5) is 11.5 Å². The molecule has 3 heterocycles. The van der Waals surface area contributed by atoms with Crippen LogP contribution in [0.3, 0.4) is 0 Å². The first-order chi connectivity index (χ1) is 14.9. The summed E-state index contributed by atoms with van der Waals surface area (Å²) < 4.78 is 27.4. The van der Waals surface area contributed by atoms with E-state index in [4.69, 9.17) is 0 Å². The molecule has 7 nitrogen and oxygen atoms in total. The molecule has 0 aliphatic carbocycles. The number of piperidine rings is 2. The molecule has 166 valence electrons. The maximum Gasteiger partial charge on any atom is 0.255 e. The maximum absolute atomic E-state index is 12.9. The van der Waals surface area contributed by atoms with Crippen LogP contribution in [-0.4, -0.2) is 49.8 Å². The summed E-state index contributed by atoms with van der Waals surface area (Å²) in [6.07, 6.45) is 8.09. The van der Waals surface area contributed by atoms with Gasteiger partial charge in [-0.3, -0.25) is 4.79 Å². The summed E-state index contributed by atoms with van der Waals surface area (Å²) in [5.41, 5.74) is 1.93. The number of anilines is 2. The summed E-state index contributed by atoms with van der Waals surface area (Å²) in [6.45, 7) is 5.09. The second-order valence-electron chi connectivity index (χ2n) is 8.36. The van der Waals surface area contributed by atoms with Crippen LogP contribution >= 0.6 is 0 Å². The minimum absolute atomic E-state index is 0.164. The third-order valence-electron chi connectivity index (χ3n) is 6.01. The van der Waals surface area contributed by atoms with E-state index in [1.807, 2.05) is 13.0 Å². The fourth-order valence-electron chi connectivity index (χ4n) is 4.33. The van der Waals surface area contributed by atoms with Crippen molar-refractivity contribution in [3.05, 3.63) is 47.7 Å². The van der Waals surface area contributed by atoms with Crippen LogP contribution in [0.5, 0.6) is 0 Å². The number of sulfonamides is 1. The van der Waals surface area contributed by atoms with E-state index in [0.29, 0.717) is 24.3 Å². The van der Waals surface area contributed by atoms with E-state index < -0.39 is 10.0 Å². The average Bonchev–Trinajstić information content (AvgIpc) is 2.80. The zero-order chi connectivity index (χ0) is 21.8. The van der Waals surface area contributed by atoms with Crippen molar-refractivity contribution in [2.24, 2.45) is 0 Å². The SMILES string of the molecule is Cc1cc(NC(=O)c2cccc(S(=O)(=O)N3CCCCC3)c2)cnc1N1CCCCC1. The van der Waals surface area contributed by atoms with Crippen molar-refractivity contribution in [2.45, 2.75) is 50.3 Å². The second kappa shape index (κ2) is 9.36. The lowest BCUT2D eigenvalue weighted by Gasteiger charge is -2.29. The van der Waals surface area contributed by atoms with E-state index in [2.05, 4.69) is 15.2 Å². The van der Waals surface area contributed by atoms with Crippen LogP contribution in [0.25, 0.3) is 0 Å². The molecule has 2 aliphatic heterocycles. The van der Waals surface area contributed by atoms with Gasteiger partial charge in [0.15, 0.2) is 0 Å². The molecular formula is C23H30N4O3S. The Bertz CT molecular complexity index is 1040. The number of carbonyl (C=O) groups excluding carboxylic acids is 1. The highest BCUT2D eigenvalue weighted by atomic mass is 32.2. The Morgan fingerprint density at radius 1 is 0.968 bits per heavy atom. The predicted molar refractivity (Wildman–Crippen MR) is 122 cm³/mol. The average molecular weight is 443 g/mol. The molecule has 4 rings (SSSR count). The van der Waals surface area contributed by atoms with Crippen molar-refractivity contribution >= 4 is 27.4 Å². The molecule has 0 unspecified atom stereocenters. The largest absolute Gasteiger partial charge is 0.356 e. The Labute approximate surface area is 184 Å². The standard InChI is InChI=1S/C23H30N4O3S/c1-18-15-20(17-24-22(18)26-11-4-2-5-12-26)25-23(28)19-9-8-10-21(16-19)31(29,30)27-13-6-3-7-14-27/h8-10,15-17H,2-7,11-14H2,1H3,(H,25,28). The lowest BCUT2D eigenvalue weighted by Crippen LogP contribution is -2.35. The summed E-state index contributed by atoms with van der Waals surface area (Å²) in [6, 6.07) is 8.19. The summed E-state index contributed by atoms with van der Waals surface area (Å²) >= 11 is 0. The van der Waals surface area contributed by atoms with Crippen LogP contribution < -0.4 is 10.2 Å². The first kappa shape index (κ1) is 21.8. The third-order valence-corrected chi connectivity index (χ3v) is 7.91. The van der Waals surface area contributed by atoms with Gasteiger partial charge in [-0.05, 0) is 68.9 Å². The Morgan fingerprint density at radius 3 is 2.32 bits per heavy atom. The van der Waals surface area contributed by atoms with Gasteiger partial charge in [0.2, 0.25) is 10.0 Å². The number of nitrogens with one attached hydrogen (secondary N) is 1. The highest BCUT2D eigenvalue weighted by Gasteiger charge is 2.26. The summed E-state index contributed by atoms with van der Waals surface area (Å²) in [5, 5.41) is 2.86. The van der Waals surface area contributed by atoms with Gasteiger partial charge in [-0.25, -0.2) is 13.4 Å². The molecule has 0 spiro atoms. The van der Waals surface area contributed by atoms with Gasteiger partial charge in [0.1, 0.15) is 5.82 Å². The third kappa shape index (κ3) is 4.91. The molecular weight excluding hydrogens is 412 g/mol. The van der Waals surface area contributed by atoms with E-state index >= 15 is 0 Å². The summed E-state index contributed by atoms with van der Waals surface area (Å²) in [5.74, 6) is 0.620. The van der Waals surface area contributed by atoms with Crippen molar-refractivity contribution in [2.75, 3.05) is 36.4 Å². The van der Waals surface area contributed by atoms with Crippen molar-refractivity contribution in [3.8, 4) is 0 Å². The van der Waals surface area contributed by atoms with Crippen LogP contribution in [-0.2, 0) is 10.0 Å². The number of amides is 1. The minimum atomic E-state index is -3.58. The molecule has 2 saturated heterocycles.